The summed E-state index contributed by atoms with van der Waals surface area (Å²) in [4.78, 5) is 4.15. The van der Waals surface area contributed by atoms with Crippen molar-refractivity contribution in [1.82, 2.24) is 9.55 Å². The number of aromatic nitrogens is 2. The van der Waals surface area contributed by atoms with Crippen molar-refractivity contribution in [3.8, 4) is 11.3 Å². The molecule has 3 nitrogen and oxygen atoms in total. The van der Waals surface area contributed by atoms with Crippen molar-refractivity contribution in [2.24, 2.45) is 0 Å². The lowest BCUT2D eigenvalue weighted by Crippen LogP contribution is -2.01. The van der Waals surface area contributed by atoms with Crippen LogP contribution in [0.15, 0.2) is 24.5 Å². The molecule has 17 heavy (non-hydrogen) atoms. The molecule has 0 amide bonds. The first-order valence-electron chi connectivity index (χ1n) is 5.40. The number of hydrogen-bond donors (Lipinski definition) is 1. The normalized spacial score (nSPS) is 10.8. The highest BCUT2D eigenvalue weighted by Gasteiger charge is 2.15. The molecule has 2 aromatic rings. The van der Waals surface area contributed by atoms with Crippen LogP contribution in [0.2, 0.25) is 5.02 Å². The SMILES string of the molecule is CCCn1cnc(-c2cccc(Cl)c2F)c1N. The maximum absolute atomic E-state index is 13.8. The Morgan fingerprint density at radius 3 is 2.94 bits per heavy atom. The molecule has 0 aliphatic carbocycles. The number of benzene rings is 1. The van der Waals surface area contributed by atoms with Gasteiger partial charge in [-0.15, -0.1) is 0 Å². The molecule has 90 valence electrons. The van der Waals surface area contributed by atoms with E-state index in [2.05, 4.69) is 4.98 Å². The smallest absolute Gasteiger partial charge is 0.151 e. The zero-order valence-electron chi connectivity index (χ0n) is 9.45. The highest BCUT2D eigenvalue weighted by molar-refractivity contribution is 6.31. The molecule has 0 saturated carbocycles. The van der Waals surface area contributed by atoms with E-state index in [1.54, 1.807) is 23.0 Å². The molecule has 1 aromatic heterocycles. The summed E-state index contributed by atoms with van der Waals surface area (Å²) >= 11 is 5.73. The molecule has 2 rings (SSSR count). The van der Waals surface area contributed by atoms with Crippen LogP contribution in [0, 0.1) is 5.82 Å². The maximum atomic E-state index is 13.8. The van der Waals surface area contributed by atoms with E-state index in [4.69, 9.17) is 17.3 Å². The predicted octanol–water partition coefficient (Wildman–Crippen LogP) is 3.33. The van der Waals surface area contributed by atoms with Gasteiger partial charge in [0, 0.05) is 12.1 Å². The number of aryl methyl sites for hydroxylation is 1. The summed E-state index contributed by atoms with van der Waals surface area (Å²) in [6, 6.07) is 4.80. The molecule has 1 heterocycles. The van der Waals surface area contributed by atoms with E-state index in [9.17, 15) is 4.39 Å². The van der Waals surface area contributed by atoms with Crippen LogP contribution in [-0.2, 0) is 6.54 Å². The fourth-order valence-corrected chi connectivity index (χ4v) is 1.88. The first-order valence-corrected chi connectivity index (χ1v) is 5.78. The summed E-state index contributed by atoms with van der Waals surface area (Å²) < 4.78 is 15.6. The van der Waals surface area contributed by atoms with Gasteiger partial charge in [-0.25, -0.2) is 9.37 Å². The summed E-state index contributed by atoms with van der Waals surface area (Å²) in [6.07, 6.45) is 2.56. The van der Waals surface area contributed by atoms with Gasteiger partial charge >= 0.3 is 0 Å². The van der Waals surface area contributed by atoms with Crippen LogP contribution in [0.4, 0.5) is 10.2 Å². The van der Waals surface area contributed by atoms with Crippen LogP contribution in [0.5, 0.6) is 0 Å². The Kier molecular flexibility index (Phi) is 3.33. The van der Waals surface area contributed by atoms with Crippen LogP contribution in [0.3, 0.4) is 0 Å². The number of imidazole rings is 1. The van der Waals surface area contributed by atoms with Crippen LogP contribution in [0.1, 0.15) is 13.3 Å². The van der Waals surface area contributed by atoms with Gasteiger partial charge in [-0.1, -0.05) is 24.6 Å². The molecule has 0 radical (unpaired) electrons. The van der Waals surface area contributed by atoms with Gasteiger partial charge in [-0.05, 0) is 18.6 Å². The molecule has 0 unspecified atom stereocenters. The Morgan fingerprint density at radius 1 is 1.47 bits per heavy atom. The standard InChI is InChI=1S/C12H13ClFN3/c1-2-6-17-7-16-11(12(17)15)8-4-3-5-9(13)10(8)14/h3-5,7H,2,6,15H2,1H3. The number of nitrogen functional groups attached to an aromatic ring is 1. The van der Waals surface area contributed by atoms with Gasteiger partial charge in [0.1, 0.15) is 11.5 Å². The Hall–Kier alpha value is -1.55. The second kappa shape index (κ2) is 4.75. The fraction of sp³-hybridized carbons (Fsp3) is 0.250. The van der Waals surface area contributed by atoms with Gasteiger partial charge in [0.2, 0.25) is 0 Å². The van der Waals surface area contributed by atoms with Crippen LogP contribution in [-0.4, -0.2) is 9.55 Å². The second-order valence-electron chi connectivity index (χ2n) is 3.77. The van der Waals surface area contributed by atoms with E-state index < -0.39 is 5.82 Å². The third-order valence-electron chi connectivity index (χ3n) is 2.55. The lowest BCUT2D eigenvalue weighted by Gasteiger charge is -2.05. The molecule has 0 spiro atoms. The van der Waals surface area contributed by atoms with Crippen molar-refractivity contribution in [1.29, 1.82) is 0 Å². The first kappa shape index (κ1) is 11.9. The summed E-state index contributed by atoms with van der Waals surface area (Å²) in [5.41, 5.74) is 6.71. The number of anilines is 1. The number of halogens is 2. The lowest BCUT2D eigenvalue weighted by molar-refractivity contribution is 0.631. The van der Waals surface area contributed by atoms with Crippen molar-refractivity contribution in [2.45, 2.75) is 19.9 Å². The molecule has 0 saturated heterocycles. The number of hydrogen-bond acceptors (Lipinski definition) is 2. The number of nitrogens with zero attached hydrogens (tertiary/aromatic N) is 2. The van der Waals surface area contributed by atoms with E-state index in [1.165, 1.54) is 6.07 Å². The minimum Gasteiger partial charge on any atom is -0.383 e. The highest BCUT2D eigenvalue weighted by Crippen LogP contribution is 2.30. The molecule has 0 atom stereocenters. The zero-order valence-corrected chi connectivity index (χ0v) is 10.2. The quantitative estimate of drug-likeness (QED) is 0.912. The third kappa shape index (κ3) is 2.13. The molecule has 0 fully saturated rings. The van der Waals surface area contributed by atoms with Crippen molar-refractivity contribution in [3.05, 3.63) is 35.4 Å². The Morgan fingerprint density at radius 2 is 2.24 bits per heavy atom. The van der Waals surface area contributed by atoms with Crippen molar-refractivity contribution >= 4 is 17.4 Å². The van der Waals surface area contributed by atoms with Crippen LogP contribution >= 0.6 is 11.6 Å². The van der Waals surface area contributed by atoms with Crippen molar-refractivity contribution in [2.75, 3.05) is 5.73 Å². The monoisotopic (exact) mass is 253 g/mol. The molecule has 5 heteroatoms. The third-order valence-corrected chi connectivity index (χ3v) is 2.84. The van der Waals surface area contributed by atoms with E-state index in [-0.39, 0.29) is 5.02 Å². The van der Waals surface area contributed by atoms with E-state index in [0.29, 0.717) is 17.1 Å². The molecule has 2 N–H and O–H groups in total. The van der Waals surface area contributed by atoms with Crippen LogP contribution in [0.25, 0.3) is 11.3 Å². The van der Waals surface area contributed by atoms with Gasteiger partial charge in [-0.2, -0.15) is 0 Å². The van der Waals surface area contributed by atoms with Crippen LogP contribution < -0.4 is 5.73 Å². The van der Waals surface area contributed by atoms with E-state index in [0.717, 1.165) is 13.0 Å². The summed E-state index contributed by atoms with van der Waals surface area (Å²) in [7, 11) is 0. The van der Waals surface area contributed by atoms with Gasteiger partial charge in [-0.3, -0.25) is 0 Å². The van der Waals surface area contributed by atoms with E-state index in [1.807, 2.05) is 6.92 Å². The molecule has 1 aromatic carbocycles. The average molecular weight is 254 g/mol. The number of nitrogens with two attached hydrogens (primary N) is 1. The molecule has 0 bridgehead atoms. The second-order valence-corrected chi connectivity index (χ2v) is 4.18. The Bertz CT molecular complexity index is 537. The number of rotatable bonds is 3. The van der Waals surface area contributed by atoms with Crippen molar-refractivity contribution in [3.63, 3.8) is 0 Å². The van der Waals surface area contributed by atoms with E-state index >= 15 is 0 Å². The largest absolute Gasteiger partial charge is 0.383 e. The zero-order chi connectivity index (χ0) is 12.4. The Balaban J connectivity index is 2.50. The van der Waals surface area contributed by atoms with Gasteiger partial charge in [0.05, 0.1) is 11.3 Å². The summed E-state index contributed by atoms with van der Waals surface area (Å²) in [5, 5.41) is 0.0759. The van der Waals surface area contributed by atoms with Gasteiger partial charge < -0.3 is 10.3 Å². The molecule has 0 aliphatic rings. The Labute approximate surface area is 104 Å². The minimum absolute atomic E-state index is 0.0759. The molecular formula is C12H13ClFN3. The predicted molar refractivity (Wildman–Crippen MR) is 67.3 cm³/mol. The lowest BCUT2D eigenvalue weighted by atomic mass is 10.1. The summed E-state index contributed by atoms with van der Waals surface area (Å²) in [6.45, 7) is 2.81. The van der Waals surface area contributed by atoms with Gasteiger partial charge in [0.15, 0.2) is 5.82 Å². The molecular weight excluding hydrogens is 241 g/mol. The maximum Gasteiger partial charge on any atom is 0.151 e. The van der Waals surface area contributed by atoms with Crippen molar-refractivity contribution < 1.29 is 4.39 Å². The molecule has 0 aliphatic heterocycles. The highest BCUT2D eigenvalue weighted by atomic mass is 35.5. The average Bonchev–Trinajstić information content (AvgIpc) is 2.66. The fourth-order valence-electron chi connectivity index (χ4n) is 1.71. The van der Waals surface area contributed by atoms with Gasteiger partial charge in [0.25, 0.3) is 0 Å². The summed E-state index contributed by atoms with van der Waals surface area (Å²) in [5.74, 6) is -0.0179. The minimum atomic E-state index is -0.484. The topological polar surface area (TPSA) is 43.8 Å². The first-order chi connectivity index (χ1) is 8.15.